The molecule has 1 heterocycles. The normalized spacial score (nSPS) is 12.6. The second-order valence-electron chi connectivity index (χ2n) is 4.30. The van der Waals surface area contributed by atoms with Gasteiger partial charge in [0.25, 0.3) is 5.91 Å². The van der Waals surface area contributed by atoms with Crippen LogP contribution in [0.4, 0.5) is 0 Å². The number of rotatable bonds is 9. The van der Waals surface area contributed by atoms with Crippen LogP contribution in [0.2, 0.25) is 0 Å². The summed E-state index contributed by atoms with van der Waals surface area (Å²) in [7, 11) is 0. The fourth-order valence-electron chi connectivity index (χ4n) is 1.87. The number of aryl methyl sites for hydroxylation is 1. The van der Waals surface area contributed by atoms with Crippen LogP contribution in [0, 0.1) is 0 Å². The van der Waals surface area contributed by atoms with Crippen molar-refractivity contribution in [3.8, 4) is 0 Å². The first kappa shape index (κ1) is 14.7. The van der Waals surface area contributed by atoms with E-state index in [1.54, 1.807) is 11.5 Å². The van der Waals surface area contributed by atoms with Gasteiger partial charge in [0.15, 0.2) is 0 Å². The molecule has 1 unspecified atom stereocenters. The molecule has 1 aromatic rings. The monoisotopic (exact) mass is 255 g/mol. The Kier molecular flexibility index (Phi) is 6.42. The second kappa shape index (κ2) is 7.86. The third-order valence-electron chi connectivity index (χ3n) is 2.86. The lowest BCUT2D eigenvalue weighted by Gasteiger charge is -2.08. The molecule has 1 aromatic heterocycles. The SMILES string of the molecule is NC(=O)c1cccn1CCCCCCC(O)NO. The van der Waals surface area contributed by atoms with Crippen LogP contribution in [0.25, 0.3) is 0 Å². The van der Waals surface area contributed by atoms with Crippen molar-refractivity contribution in [2.24, 2.45) is 5.73 Å². The molecule has 0 aliphatic carbocycles. The van der Waals surface area contributed by atoms with Crippen LogP contribution >= 0.6 is 0 Å². The number of nitrogens with two attached hydrogens (primary N) is 1. The van der Waals surface area contributed by atoms with E-state index >= 15 is 0 Å². The van der Waals surface area contributed by atoms with Gasteiger partial charge in [0, 0.05) is 12.7 Å². The van der Waals surface area contributed by atoms with Gasteiger partial charge in [-0.3, -0.25) is 4.79 Å². The van der Waals surface area contributed by atoms with Crippen molar-refractivity contribution in [3.63, 3.8) is 0 Å². The molecule has 1 atom stereocenters. The molecule has 0 saturated heterocycles. The van der Waals surface area contributed by atoms with E-state index in [0.29, 0.717) is 12.1 Å². The highest BCUT2D eigenvalue weighted by molar-refractivity contribution is 5.91. The number of hydroxylamine groups is 1. The highest BCUT2D eigenvalue weighted by Crippen LogP contribution is 2.08. The zero-order valence-corrected chi connectivity index (χ0v) is 10.4. The molecule has 6 heteroatoms. The number of primary amides is 1. The first-order chi connectivity index (χ1) is 8.65. The smallest absolute Gasteiger partial charge is 0.265 e. The Labute approximate surface area is 106 Å². The number of aliphatic hydroxyl groups is 1. The van der Waals surface area contributed by atoms with Crippen molar-refractivity contribution in [1.29, 1.82) is 0 Å². The standard InChI is InChI=1S/C12H21N3O3/c13-12(17)10-6-5-9-15(10)8-4-2-1-3-7-11(16)14-18/h5-6,9,11,14,16,18H,1-4,7-8H2,(H2,13,17). The van der Waals surface area contributed by atoms with E-state index in [0.717, 1.165) is 32.2 Å². The highest BCUT2D eigenvalue weighted by atomic mass is 16.5. The van der Waals surface area contributed by atoms with Crippen LogP contribution in [-0.2, 0) is 6.54 Å². The van der Waals surface area contributed by atoms with Crippen molar-refractivity contribution in [2.75, 3.05) is 0 Å². The molecular formula is C12H21N3O3. The predicted molar refractivity (Wildman–Crippen MR) is 67.0 cm³/mol. The molecule has 0 saturated carbocycles. The van der Waals surface area contributed by atoms with Gasteiger partial charge in [0.1, 0.15) is 11.9 Å². The van der Waals surface area contributed by atoms with Gasteiger partial charge in [-0.15, -0.1) is 0 Å². The minimum Gasteiger partial charge on any atom is -0.377 e. The average molecular weight is 255 g/mol. The zero-order chi connectivity index (χ0) is 13.4. The van der Waals surface area contributed by atoms with Crippen LogP contribution in [0.3, 0.4) is 0 Å². The van der Waals surface area contributed by atoms with Crippen LogP contribution in [-0.4, -0.2) is 27.0 Å². The van der Waals surface area contributed by atoms with E-state index in [9.17, 15) is 4.79 Å². The zero-order valence-electron chi connectivity index (χ0n) is 10.4. The summed E-state index contributed by atoms with van der Waals surface area (Å²) in [6.07, 6.45) is 5.34. The lowest BCUT2D eigenvalue weighted by atomic mass is 10.1. The molecular weight excluding hydrogens is 234 g/mol. The van der Waals surface area contributed by atoms with Crippen LogP contribution < -0.4 is 11.2 Å². The average Bonchev–Trinajstić information content (AvgIpc) is 2.81. The summed E-state index contributed by atoms with van der Waals surface area (Å²) in [6.45, 7) is 0.770. The van der Waals surface area contributed by atoms with Gasteiger partial charge in [0.2, 0.25) is 0 Å². The van der Waals surface area contributed by atoms with Gasteiger partial charge in [0.05, 0.1) is 0 Å². The molecule has 0 fully saturated rings. The van der Waals surface area contributed by atoms with Gasteiger partial charge in [-0.2, -0.15) is 5.48 Å². The summed E-state index contributed by atoms with van der Waals surface area (Å²) in [5.41, 5.74) is 7.58. The van der Waals surface area contributed by atoms with Crippen molar-refractivity contribution in [1.82, 2.24) is 10.0 Å². The van der Waals surface area contributed by atoms with Crippen molar-refractivity contribution in [3.05, 3.63) is 24.0 Å². The topological polar surface area (TPSA) is 101 Å². The number of hydrogen-bond donors (Lipinski definition) is 4. The quantitative estimate of drug-likeness (QED) is 0.298. The number of nitrogens with one attached hydrogen (secondary N) is 1. The van der Waals surface area contributed by atoms with Crippen LogP contribution in [0.1, 0.15) is 42.6 Å². The molecule has 0 radical (unpaired) electrons. The van der Waals surface area contributed by atoms with Gasteiger partial charge < -0.3 is 20.6 Å². The Hall–Kier alpha value is -1.37. The number of carbonyl (C=O) groups excluding carboxylic acids is 1. The molecule has 102 valence electrons. The Bertz CT molecular complexity index is 365. The largest absolute Gasteiger partial charge is 0.377 e. The lowest BCUT2D eigenvalue weighted by molar-refractivity contribution is -0.00394. The van der Waals surface area contributed by atoms with E-state index < -0.39 is 12.1 Å². The van der Waals surface area contributed by atoms with Crippen molar-refractivity contribution in [2.45, 2.75) is 44.9 Å². The molecule has 1 amide bonds. The number of aromatic nitrogens is 1. The van der Waals surface area contributed by atoms with E-state index in [1.807, 2.05) is 16.8 Å². The number of amides is 1. The Morgan fingerprint density at radius 3 is 2.78 bits per heavy atom. The minimum absolute atomic E-state index is 0.405. The Morgan fingerprint density at radius 1 is 1.39 bits per heavy atom. The van der Waals surface area contributed by atoms with Crippen molar-refractivity contribution >= 4 is 5.91 Å². The molecule has 6 nitrogen and oxygen atoms in total. The molecule has 0 aliphatic rings. The molecule has 0 aromatic carbocycles. The van der Waals surface area contributed by atoms with Crippen LogP contribution in [0.5, 0.6) is 0 Å². The van der Waals surface area contributed by atoms with E-state index in [-0.39, 0.29) is 0 Å². The Morgan fingerprint density at radius 2 is 2.11 bits per heavy atom. The number of carbonyl (C=O) groups is 1. The summed E-state index contributed by atoms with van der Waals surface area (Å²) < 4.78 is 1.85. The predicted octanol–water partition coefficient (Wildman–Crippen LogP) is 0.835. The molecule has 18 heavy (non-hydrogen) atoms. The number of unbranched alkanes of at least 4 members (excludes halogenated alkanes) is 3. The van der Waals surface area contributed by atoms with Crippen LogP contribution in [0.15, 0.2) is 18.3 Å². The van der Waals surface area contributed by atoms with E-state index in [4.69, 9.17) is 16.0 Å². The molecule has 0 bridgehead atoms. The fourth-order valence-corrected chi connectivity index (χ4v) is 1.87. The summed E-state index contributed by atoms with van der Waals surface area (Å²) >= 11 is 0. The van der Waals surface area contributed by atoms with Gasteiger partial charge in [-0.05, 0) is 31.4 Å². The lowest BCUT2D eigenvalue weighted by Crippen LogP contribution is -2.24. The molecule has 0 aliphatic heterocycles. The van der Waals surface area contributed by atoms with E-state index in [2.05, 4.69) is 0 Å². The second-order valence-corrected chi connectivity index (χ2v) is 4.30. The maximum absolute atomic E-state index is 11.1. The highest BCUT2D eigenvalue weighted by Gasteiger charge is 2.05. The molecule has 0 spiro atoms. The molecule has 5 N–H and O–H groups in total. The summed E-state index contributed by atoms with van der Waals surface area (Å²) in [5.74, 6) is -0.405. The minimum atomic E-state index is -0.837. The third kappa shape index (κ3) is 4.87. The van der Waals surface area contributed by atoms with Gasteiger partial charge in [-0.1, -0.05) is 12.8 Å². The number of nitrogens with zero attached hydrogens (tertiary/aromatic N) is 1. The fraction of sp³-hybridized carbons (Fsp3) is 0.583. The summed E-state index contributed by atoms with van der Waals surface area (Å²) in [6, 6.07) is 3.52. The van der Waals surface area contributed by atoms with Gasteiger partial charge >= 0.3 is 0 Å². The van der Waals surface area contributed by atoms with Crippen molar-refractivity contribution < 1.29 is 15.1 Å². The summed E-state index contributed by atoms with van der Waals surface area (Å²) in [5, 5.41) is 17.4. The van der Waals surface area contributed by atoms with E-state index in [1.165, 1.54) is 0 Å². The number of aliphatic hydroxyl groups excluding tert-OH is 1. The van der Waals surface area contributed by atoms with Gasteiger partial charge in [-0.25, -0.2) is 0 Å². The third-order valence-corrected chi connectivity index (χ3v) is 2.86. The Balaban J connectivity index is 2.14. The first-order valence-corrected chi connectivity index (χ1v) is 6.17. The maximum Gasteiger partial charge on any atom is 0.265 e. The summed E-state index contributed by atoms with van der Waals surface area (Å²) in [4.78, 5) is 11.1. The maximum atomic E-state index is 11.1. The first-order valence-electron chi connectivity index (χ1n) is 6.17. The molecule has 1 rings (SSSR count). The number of hydrogen-bond acceptors (Lipinski definition) is 4.